The van der Waals surface area contributed by atoms with E-state index in [1.54, 1.807) is 24.3 Å². The van der Waals surface area contributed by atoms with Crippen LogP contribution >= 0.6 is 22.9 Å². The lowest BCUT2D eigenvalue weighted by Crippen LogP contribution is -2.08. The van der Waals surface area contributed by atoms with Gasteiger partial charge in [0.25, 0.3) is 5.56 Å². The van der Waals surface area contributed by atoms with Crippen LogP contribution in [-0.4, -0.2) is 24.6 Å². The lowest BCUT2D eigenvalue weighted by molar-refractivity contribution is 0.601. The van der Waals surface area contributed by atoms with Crippen molar-refractivity contribution in [3.05, 3.63) is 51.4 Å². The maximum atomic E-state index is 12.3. The fraction of sp³-hybridized carbons (Fsp3) is 0.235. The number of pyridine rings is 1. The molecule has 0 atom stereocenters. The van der Waals surface area contributed by atoms with E-state index in [2.05, 4.69) is 9.97 Å². The van der Waals surface area contributed by atoms with Crippen molar-refractivity contribution in [2.24, 2.45) is 0 Å². The van der Waals surface area contributed by atoms with E-state index in [0.717, 1.165) is 12.7 Å². The van der Waals surface area contributed by atoms with Crippen molar-refractivity contribution in [1.82, 2.24) is 9.97 Å². The Morgan fingerprint density at radius 2 is 1.92 bits per heavy atom. The molecule has 2 aromatic heterocycles. The van der Waals surface area contributed by atoms with Gasteiger partial charge in [0.2, 0.25) is 0 Å². The van der Waals surface area contributed by atoms with Crippen LogP contribution in [0.4, 0.5) is 0 Å². The van der Waals surface area contributed by atoms with Crippen LogP contribution in [0.2, 0.25) is 5.02 Å². The van der Waals surface area contributed by atoms with Gasteiger partial charge in [-0.1, -0.05) is 24.9 Å². The zero-order valence-corrected chi connectivity index (χ0v) is 16.0. The van der Waals surface area contributed by atoms with E-state index in [1.807, 2.05) is 6.92 Å². The Bertz CT molecular complexity index is 1120. The Kier molecular flexibility index (Phi) is 4.90. The molecule has 8 heteroatoms. The molecular weight excluding hydrogens is 380 g/mol. The molecule has 0 aliphatic carbocycles. The molecule has 3 rings (SSSR count). The monoisotopic (exact) mass is 394 g/mol. The fourth-order valence-electron chi connectivity index (χ4n) is 2.41. The highest BCUT2D eigenvalue weighted by Gasteiger charge is 2.15. The molecule has 3 aromatic rings. The lowest BCUT2D eigenvalue weighted by atomic mass is 10.2. The van der Waals surface area contributed by atoms with Gasteiger partial charge < -0.3 is 0 Å². The summed E-state index contributed by atoms with van der Waals surface area (Å²) in [5.74, 6) is 0. The molecule has 0 spiro atoms. The molecule has 25 heavy (non-hydrogen) atoms. The molecule has 0 saturated carbocycles. The minimum Gasteiger partial charge on any atom is -0.267 e. The molecule has 0 amide bonds. The fourth-order valence-corrected chi connectivity index (χ4v) is 4.32. The summed E-state index contributed by atoms with van der Waals surface area (Å²) < 4.78 is 24.6. The van der Waals surface area contributed by atoms with Crippen molar-refractivity contribution in [3.63, 3.8) is 0 Å². The van der Waals surface area contributed by atoms with Gasteiger partial charge in [-0.15, -0.1) is 11.3 Å². The molecule has 0 radical (unpaired) electrons. The molecular formula is C17H15ClN2O3S2. The molecule has 2 heterocycles. The first kappa shape index (κ1) is 18.0. The van der Waals surface area contributed by atoms with Gasteiger partial charge in [0.15, 0.2) is 9.84 Å². The summed E-state index contributed by atoms with van der Waals surface area (Å²) in [7, 11) is -3.40. The van der Waals surface area contributed by atoms with E-state index in [-0.39, 0.29) is 10.5 Å². The number of rotatable bonds is 4. The zero-order valence-electron chi connectivity index (χ0n) is 13.6. The van der Waals surface area contributed by atoms with E-state index in [4.69, 9.17) is 11.6 Å². The summed E-state index contributed by atoms with van der Waals surface area (Å²) in [4.78, 5) is 21.0. The Hall–Kier alpha value is -1.83. The standard InChI is InChI=1S/C17H15ClN2O3S2/c1-3-4-11-8-12(25(2,22)23)9-14(19-11)17-20-16(21)13-6-5-10(18)7-15(13)24-17/h5-9H,3-4H2,1-2H3. The van der Waals surface area contributed by atoms with Gasteiger partial charge in [0.1, 0.15) is 10.7 Å². The smallest absolute Gasteiger partial charge is 0.267 e. The number of hydrogen-bond donors (Lipinski definition) is 0. The lowest BCUT2D eigenvalue weighted by Gasteiger charge is -2.07. The highest BCUT2D eigenvalue weighted by atomic mass is 35.5. The van der Waals surface area contributed by atoms with Gasteiger partial charge in [-0.25, -0.2) is 8.42 Å². The largest absolute Gasteiger partial charge is 0.279 e. The zero-order chi connectivity index (χ0) is 18.2. The van der Waals surface area contributed by atoms with Crippen molar-refractivity contribution < 1.29 is 8.42 Å². The van der Waals surface area contributed by atoms with Crippen molar-refractivity contribution in [1.29, 1.82) is 0 Å². The second-order valence-electron chi connectivity index (χ2n) is 5.67. The van der Waals surface area contributed by atoms with E-state index in [0.29, 0.717) is 37.9 Å². The van der Waals surface area contributed by atoms with Crippen LogP contribution in [0, 0.1) is 0 Å². The van der Waals surface area contributed by atoms with Gasteiger partial charge in [0, 0.05) is 21.7 Å². The van der Waals surface area contributed by atoms with Crippen LogP contribution in [-0.2, 0) is 16.3 Å². The maximum absolute atomic E-state index is 12.3. The van der Waals surface area contributed by atoms with E-state index in [1.165, 1.54) is 17.4 Å². The van der Waals surface area contributed by atoms with Gasteiger partial charge in [-0.2, -0.15) is 4.98 Å². The van der Waals surface area contributed by atoms with Crippen molar-refractivity contribution in [2.45, 2.75) is 24.7 Å². The van der Waals surface area contributed by atoms with Crippen LogP contribution < -0.4 is 5.56 Å². The molecule has 130 valence electrons. The van der Waals surface area contributed by atoms with Gasteiger partial charge >= 0.3 is 0 Å². The van der Waals surface area contributed by atoms with Gasteiger partial charge in [-0.05, 0) is 36.8 Å². The molecule has 0 unspecified atom stereocenters. The van der Waals surface area contributed by atoms with Crippen LogP contribution in [0.5, 0.6) is 0 Å². The average molecular weight is 395 g/mol. The molecule has 0 saturated heterocycles. The third kappa shape index (κ3) is 3.89. The first-order chi connectivity index (χ1) is 11.8. The first-order valence-electron chi connectivity index (χ1n) is 7.59. The van der Waals surface area contributed by atoms with Crippen molar-refractivity contribution >= 4 is 42.9 Å². The summed E-state index contributed by atoms with van der Waals surface area (Å²) in [6.45, 7) is 1.99. The van der Waals surface area contributed by atoms with E-state index in [9.17, 15) is 13.2 Å². The Morgan fingerprint density at radius 1 is 1.16 bits per heavy atom. The number of nitrogens with zero attached hydrogens (tertiary/aromatic N) is 2. The molecule has 1 aromatic carbocycles. The molecule has 0 bridgehead atoms. The molecule has 0 aliphatic rings. The normalized spacial score (nSPS) is 11.8. The molecule has 0 fully saturated rings. The van der Waals surface area contributed by atoms with Crippen molar-refractivity contribution in [2.75, 3.05) is 6.26 Å². The second kappa shape index (κ2) is 6.82. The Balaban J connectivity index is 2.26. The first-order valence-corrected chi connectivity index (χ1v) is 10.7. The van der Waals surface area contributed by atoms with Crippen LogP contribution in [0.1, 0.15) is 19.0 Å². The van der Waals surface area contributed by atoms with E-state index < -0.39 is 9.84 Å². The Labute approximate surface area is 154 Å². The minimum atomic E-state index is -3.40. The van der Waals surface area contributed by atoms with Gasteiger partial charge in [0.05, 0.1) is 10.3 Å². The number of fused-ring (bicyclic) bond motifs is 1. The molecule has 5 nitrogen and oxygen atoms in total. The second-order valence-corrected chi connectivity index (χ2v) is 9.15. The summed E-state index contributed by atoms with van der Waals surface area (Å²) in [5, 5.41) is 1.37. The number of sulfone groups is 1. The van der Waals surface area contributed by atoms with E-state index >= 15 is 0 Å². The number of aryl methyl sites for hydroxylation is 1. The number of hydrogen-bond acceptors (Lipinski definition) is 6. The molecule has 0 aliphatic heterocycles. The van der Waals surface area contributed by atoms with Gasteiger partial charge in [-0.3, -0.25) is 9.78 Å². The average Bonchev–Trinajstić information content (AvgIpc) is 2.53. The maximum Gasteiger partial charge on any atom is 0.279 e. The summed E-state index contributed by atoms with van der Waals surface area (Å²) >= 11 is 7.27. The van der Waals surface area contributed by atoms with Crippen molar-refractivity contribution in [3.8, 4) is 10.7 Å². The number of benzene rings is 1. The number of halogens is 1. The van der Waals surface area contributed by atoms with Crippen LogP contribution in [0.3, 0.4) is 0 Å². The summed E-state index contributed by atoms with van der Waals surface area (Å²) in [6, 6.07) is 8.01. The quantitative estimate of drug-likeness (QED) is 0.673. The predicted molar refractivity (Wildman–Crippen MR) is 101 cm³/mol. The predicted octanol–water partition coefficient (Wildman–Crippen LogP) is 3.73. The topological polar surface area (TPSA) is 77.0 Å². The highest BCUT2D eigenvalue weighted by molar-refractivity contribution is 7.90. The summed E-state index contributed by atoms with van der Waals surface area (Å²) in [6.07, 6.45) is 2.62. The third-order valence-electron chi connectivity index (χ3n) is 3.59. The third-order valence-corrected chi connectivity index (χ3v) is 5.97. The van der Waals surface area contributed by atoms with Crippen LogP contribution in [0.15, 0.2) is 40.0 Å². The minimum absolute atomic E-state index is 0.175. The Morgan fingerprint density at radius 3 is 2.60 bits per heavy atom. The number of aromatic nitrogens is 2. The van der Waals surface area contributed by atoms with Crippen LogP contribution in [0.25, 0.3) is 20.8 Å². The summed E-state index contributed by atoms with van der Waals surface area (Å²) in [5.41, 5.74) is 0.660. The highest BCUT2D eigenvalue weighted by Crippen LogP contribution is 2.28. The SMILES string of the molecule is CCCc1cc(S(C)(=O)=O)cc(-c2nc(=O)c3ccc(Cl)cc3s2)n1. The molecule has 0 N–H and O–H groups in total.